The number of guanidine groups is 1. The maximum absolute atomic E-state index is 12.1. The molecule has 0 radical (unpaired) electrons. The lowest BCUT2D eigenvalue weighted by Crippen LogP contribution is -2.38. The first-order valence-electron chi connectivity index (χ1n) is 8.54. The second-order valence-electron chi connectivity index (χ2n) is 6.05. The molecule has 3 N–H and O–H groups in total. The maximum Gasteiger partial charge on any atom is 0.226 e. The van der Waals surface area contributed by atoms with Crippen molar-refractivity contribution in [3.63, 3.8) is 0 Å². The van der Waals surface area contributed by atoms with E-state index in [9.17, 15) is 4.79 Å². The number of amides is 1. The Bertz CT molecular complexity index is 772. The number of hydrogen-bond acceptors (Lipinski definition) is 2. The molecule has 0 aromatic heterocycles. The van der Waals surface area contributed by atoms with Crippen molar-refractivity contribution in [3.05, 3.63) is 64.2 Å². The van der Waals surface area contributed by atoms with Crippen molar-refractivity contribution >= 4 is 29.2 Å². The molecule has 0 aliphatic carbocycles. The van der Waals surface area contributed by atoms with Gasteiger partial charge < -0.3 is 16.0 Å². The zero-order valence-corrected chi connectivity index (χ0v) is 16.2. The molecule has 0 aliphatic heterocycles. The Morgan fingerprint density at radius 2 is 1.81 bits per heavy atom. The normalized spacial score (nSPS) is 11.2. The van der Waals surface area contributed by atoms with Gasteiger partial charge in [0.1, 0.15) is 0 Å². The molecule has 2 rings (SSSR count). The smallest absolute Gasteiger partial charge is 0.226 e. The number of rotatable bonds is 6. The number of nitrogens with zero attached hydrogens (tertiary/aromatic N) is 1. The molecule has 2 aromatic rings. The minimum absolute atomic E-state index is 0.0724. The summed E-state index contributed by atoms with van der Waals surface area (Å²) in [6.07, 6.45) is 0.331. The molecule has 1 amide bonds. The van der Waals surface area contributed by atoms with Gasteiger partial charge in [0.15, 0.2) is 5.96 Å². The number of nitrogens with one attached hydrogen (secondary N) is 3. The minimum Gasteiger partial charge on any atom is -0.356 e. The van der Waals surface area contributed by atoms with Crippen LogP contribution in [0, 0.1) is 13.8 Å². The van der Waals surface area contributed by atoms with Crippen LogP contribution in [0.1, 0.15) is 23.1 Å². The standard InChI is InChI=1S/C20H25ClN4O/c1-14-7-9-16(10-8-14)13-24-20(22-3)23-12-11-19(26)25-18-6-4-5-17(21)15(18)2/h4-10H,11-13H2,1-3H3,(H,25,26)(H2,22,23,24). The monoisotopic (exact) mass is 372 g/mol. The Hall–Kier alpha value is -2.53. The lowest BCUT2D eigenvalue weighted by Gasteiger charge is -2.13. The number of anilines is 1. The fourth-order valence-corrected chi connectivity index (χ4v) is 2.54. The molecule has 0 bridgehead atoms. The van der Waals surface area contributed by atoms with Gasteiger partial charge in [-0.25, -0.2) is 0 Å². The Morgan fingerprint density at radius 1 is 1.08 bits per heavy atom. The quantitative estimate of drug-likeness (QED) is 0.535. The molecule has 0 saturated carbocycles. The molecular formula is C20H25ClN4O. The van der Waals surface area contributed by atoms with Crippen LogP contribution in [-0.2, 0) is 11.3 Å². The third-order valence-electron chi connectivity index (χ3n) is 3.99. The number of carbonyl (C=O) groups excluding carboxylic acids is 1. The van der Waals surface area contributed by atoms with Gasteiger partial charge in [0, 0.05) is 37.3 Å². The molecule has 6 heteroatoms. The predicted molar refractivity (Wildman–Crippen MR) is 109 cm³/mol. The highest BCUT2D eigenvalue weighted by Crippen LogP contribution is 2.22. The molecule has 0 atom stereocenters. The number of hydrogen-bond donors (Lipinski definition) is 3. The highest BCUT2D eigenvalue weighted by molar-refractivity contribution is 6.31. The lowest BCUT2D eigenvalue weighted by atomic mass is 10.1. The third kappa shape index (κ3) is 6.08. The van der Waals surface area contributed by atoms with Crippen molar-refractivity contribution in [1.82, 2.24) is 10.6 Å². The molecule has 0 unspecified atom stereocenters. The van der Waals surface area contributed by atoms with Crippen LogP contribution >= 0.6 is 11.6 Å². The van der Waals surface area contributed by atoms with E-state index in [-0.39, 0.29) is 5.91 Å². The van der Waals surface area contributed by atoms with E-state index in [0.29, 0.717) is 30.5 Å². The summed E-state index contributed by atoms with van der Waals surface area (Å²) in [7, 11) is 1.71. The van der Waals surface area contributed by atoms with Crippen molar-refractivity contribution in [2.75, 3.05) is 18.9 Å². The van der Waals surface area contributed by atoms with Gasteiger partial charge in [0.2, 0.25) is 5.91 Å². The molecule has 5 nitrogen and oxygen atoms in total. The van der Waals surface area contributed by atoms with Gasteiger partial charge in [-0.3, -0.25) is 9.79 Å². The van der Waals surface area contributed by atoms with Crippen molar-refractivity contribution in [1.29, 1.82) is 0 Å². The van der Waals surface area contributed by atoms with E-state index in [0.717, 1.165) is 11.3 Å². The number of carbonyl (C=O) groups is 1. The summed E-state index contributed by atoms with van der Waals surface area (Å²) < 4.78 is 0. The molecule has 0 fully saturated rings. The van der Waals surface area contributed by atoms with Crippen molar-refractivity contribution < 1.29 is 4.79 Å². The highest BCUT2D eigenvalue weighted by atomic mass is 35.5. The van der Waals surface area contributed by atoms with E-state index in [2.05, 4.69) is 52.1 Å². The van der Waals surface area contributed by atoms with Crippen LogP contribution in [-0.4, -0.2) is 25.5 Å². The van der Waals surface area contributed by atoms with E-state index in [4.69, 9.17) is 11.6 Å². The van der Waals surface area contributed by atoms with Crippen LogP contribution in [0.4, 0.5) is 5.69 Å². The van der Waals surface area contributed by atoms with E-state index in [1.165, 1.54) is 11.1 Å². The predicted octanol–water partition coefficient (Wildman–Crippen LogP) is 3.65. The maximum atomic E-state index is 12.1. The number of halogens is 1. The van der Waals surface area contributed by atoms with Gasteiger partial charge in [-0.1, -0.05) is 47.5 Å². The zero-order valence-electron chi connectivity index (χ0n) is 15.4. The summed E-state index contributed by atoms with van der Waals surface area (Å²) in [5, 5.41) is 9.90. The van der Waals surface area contributed by atoms with Gasteiger partial charge >= 0.3 is 0 Å². The van der Waals surface area contributed by atoms with E-state index < -0.39 is 0 Å². The molecule has 26 heavy (non-hydrogen) atoms. The average Bonchev–Trinajstić information content (AvgIpc) is 2.63. The fraction of sp³-hybridized carbons (Fsp3) is 0.300. The Kier molecular flexibility index (Phi) is 7.48. The van der Waals surface area contributed by atoms with Crippen LogP contribution < -0.4 is 16.0 Å². The van der Waals surface area contributed by atoms with E-state index in [1.807, 2.05) is 19.1 Å². The Labute approximate surface area is 159 Å². The van der Waals surface area contributed by atoms with Gasteiger partial charge in [0.25, 0.3) is 0 Å². The van der Waals surface area contributed by atoms with Gasteiger partial charge in [-0.05, 0) is 37.1 Å². The molecule has 138 valence electrons. The number of aliphatic imine (C=N–C) groups is 1. The zero-order chi connectivity index (χ0) is 18.9. The molecule has 0 saturated heterocycles. The molecule has 0 spiro atoms. The topological polar surface area (TPSA) is 65.5 Å². The average molecular weight is 373 g/mol. The largest absolute Gasteiger partial charge is 0.356 e. The van der Waals surface area contributed by atoms with Crippen LogP contribution in [0.5, 0.6) is 0 Å². The lowest BCUT2D eigenvalue weighted by molar-refractivity contribution is -0.116. The first kappa shape index (κ1) is 19.8. The third-order valence-corrected chi connectivity index (χ3v) is 4.40. The molecule has 0 heterocycles. The molecule has 0 aliphatic rings. The summed E-state index contributed by atoms with van der Waals surface area (Å²) in [4.78, 5) is 16.3. The molecular weight excluding hydrogens is 348 g/mol. The van der Waals surface area contributed by atoms with E-state index >= 15 is 0 Å². The number of benzene rings is 2. The van der Waals surface area contributed by atoms with Crippen molar-refractivity contribution in [3.8, 4) is 0 Å². The Morgan fingerprint density at radius 3 is 2.50 bits per heavy atom. The van der Waals surface area contributed by atoms with E-state index in [1.54, 1.807) is 13.1 Å². The van der Waals surface area contributed by atoms with Crippen LogP contribution in [0.25, 0.3) is 0 Å². The van der Waals surface area contributed by atoms with Crippen LogP contribution in [0.15, 0.2) is 47.5 Å². The van der Waals surface area contributed by atoms with Gasteiger partial charge in [-0.2, -0.15) is 0 Å². The first-order chi connectivity index (χ1) is 12.5. The highest BCUT2D eigenvalue weighted by Gasteiger charge is 2.07. The van der Waals surface area contributed by atoms with Gasteiger partial charge in [-0.15, -0.1) is 0 Å². The second kappa shape index (κ2) is 9.82. The van der Waals surface area contributed by atoms with Crippen LogP contribution in [0.3, 0.4) is 0 Å². The van der Waals surface area contributed by atoms with Crippen molar-refractivity contribution in [2.45, 2.75) is 26.8 Å². The fourth-order valence-electron chi connectivity index (χ4n) is 2.36. The summed E-state index contributed by atoms with van der Waals surface area (Å²) in [6, 6.07) is 13.8. The molecule has 2 aromatic carbocycles. The SMILES string of the molecule is CN=C(NCCC(=O)Nc1cccc(Cl)c1C)NCc1ccc(C)cc1. The Balaban J connectivity index is 1.75. The van der Waals surface area contributed by atoms with Gasteiger partial charge in [0.05, 0.1) is 0 Å². The summed E-state index contributed by atoms with van der Waals surface area (Å²) in [5.74, 6) is 0.592. The summed E-state index contributed by atoms with van der Waals surface area (Å²) >= 11 is 6.07. The summed E-state index contributed by atoms with van der Waals surface area (Å²) in [6.45, 7) is 5.10. The number of aryl methyl sites for hydroxylation is 1. The minimum atomic E-state index is -0.0724. The van der Waals surface area contributed by atoms with Crippen molar-refractivity contribution in [2.24, 2.45) is 4.99 Å². The summed E-state index contributed by atoms with van der Waals surface area (Å²) in [5.41, 5.74) is 4.01. The second-order valence-corrected chi connectivity index (χ2v) is 6.46. The first-order valence-corrected chi connectivity index (χ1v) is 8.92. The van der Waals surface area contributed by atoms with Crippen LogP contribution in [0.2, 0.25) is 5.02 Å².